The zero-order valence-corrected chi connectivity index (χ0v) is 23.2. The third kappa shape index (κ3) is 3.25. The Morgan fingerprint density at radius 1 is 0.381 bits per heavy atom. The van der Waals surface area contributed by atoms with E-state index in [-0.39, 0.29) is 0 Å². The summed E-state index contributed by atoms with van der Waals surface area (Å²) in [5, 5.41) is 12.5. The van der Waals surface area contributed by atoms with Gasteiger partial charge in [-0.1, -0.05) is 127 Å². The first-order valence-electron chi connectivity index (χ1n) is 14.5. The van der Waals surface area contributed by atoms with Crippen LogP contribution < -0.4 is 0 Å². The molecular formula is C41H26O. The van der Waals surface area contributed by atoms with Crippen LogP contribution in [0.25, 0.3) is 87.3 Å². The molecule has 0 saturated heterocycles. The van der Waals surface area contributed by atoms with Gasteiger partial charge in [-0.25, -0.2) is 0 Å². The van der Waals surface area contributed by atoms with E-state index in [1.54, 1.807) is 0 Å². The summed E-state index contributed by atoms with van der Waals surface area (Å²) >= 11 is 0. The quantitative estimate of drug-likeness (QED) is 0.159. The van der Waals surface area contributed by atoms with Crippen LogP contribution in [-0.2, 0) is 0 Å². The van der Waals surface area contributed by atoms with E-state index in [0.717, 1.165) is 16.6 Å². The molecule has 0 bridgehead atoms. The summed E-state index contributed by atoms with van der Waals surface area (Å²) in [6.07, 6.45) is 0. The van der Waals surface area contributed by atoms with Gasteiger partial charge in [-0.2, -0.15) is 0 Å². The molecule has 9 rings (SSSR count). The van der Waals surface area contributed by atoms with E-state index in [9.17, 15) is 0 Å². The largest absolute Gasteiger partial charge is 0.456 e. The molecule has 196 valence electrons. The molecule has 0 radical (unpaired) electrons. The Bertz CT molecular complexity index is 2530. The molecule has 0 atom stereocenters. The lowest BCUT2D eigenvalue weighted by Crippen LogP contribution is -1.93. The van der Waals surface area contributed by atoms with Crippen LogP contribution in [0.3, 0.4) is 0 Å². The van der Waals surface area contributed by atoms with Crippen molar-refractivity contribution in [1.29, 1.82) is 0 Å². The number of para-hydroxylation sites is 1. The fraction of sp³-hybridized carbons (Fsp3) is 0.0244. The van der Waals surface area contributed by atoms with Crippen molar-refractivity contribution in [2.45, 2.75) is 6.92 Å². The predicted octanol–water partition coefficient (Wildman–Crippen LogP) is 11.8. The molecule has 1 heteroatoms. The highest BCUT2D eigenvalue weighted by Gasteiger charge is 2.21. The van der Waals surface area contributed by atoms with Crippen LogP contribution in [0.2, 0.25) is 0 Å². The van der Waals surface area contributed by atoms with Gasteiger partial charge < -0.3 is 4.42 Å². The Labute approximate surface area is 243 Å². The van der Waals surface area contributed by atoms with Gasteiger partial charge in [-0.15, -0.1) is 0 Å². The standard InChI is InChI=1S/C41H26O/c1-25-21-22-32-35(23-25)40(34-18-10-20-38-41(34)33-17-8-9-19-37(33)42-38)31-16-7-6-15-30(31)39(32)36-24-26-11-2-3-12-27(26)28-13-4-5-14-29(28)36/h2-24H,1H3. The molecule has 0 fully saturated rings. The van der Waals surface area contributed by atoms with Crippen LogP contribution in [0.4, 0.5) is 0 Å². The minimum Gasteiger partial charge on any atom is -0.456 e. The number of fused-ring (bicyclic) bond motifs is 8. The van der Waals surface area contributed by atoms with Gasteiger partial charge in [0.15, 0.2) is 0 Å². The molecule has 0 aliphatic carbocycles. The minimum atomic E-state index is 0.920. The SMILES string of the molecule is Cc1ccc2c(-c3cc4ccccc4c4ccccc34)c3ccccc3c(-c3cccc4oc5ccccc5c34)c2c1. The minimum absolute atomic E-state index is 0.920. The van der Waals surface area contributed by atoms with Crippen molar-refractivity contribution in [2.24, 2.45) is 0 Å². The number of hydrogen-bond acceptors (Lipinski definition) is 1. The van der Waals surface area contributed by atoms with Gasteiger partial charge >= 0.3 is 0 Å². The highest BCUT2D eigenvalue weighted by Crippen LogP contribution is 2.48. The van der Waals surface area contributed by atoms with Gasteiger partial charge in [0.1, 0.15) is 11.2 Å². The molecule has 0 aliphatic heterocycles. The summed E-state index contributed by atoms with van der Waals surface area (Å²) in [4.78, 5) is 0. The van der Waals surface area contributed by atoms with E-state index in [4.69, 9.17) is 4.42 Å². The fourth-order valence-corrected chi connectivity index (χ4v) is 7.12. The van der Waals surface area contributed by atoms with Gasteiger partial charge in [-0.05, 0) is 90.5 Å². The third-order valence-corrected chi connectivity index (χ3v) is 8.89. The zero-order chi connectivity index (χ0) is 27.8. The molecule has 9 aromatic rings. The number of aryl methyl sites for hydroxylation is 1. The van der Waals surface area contributed by atoms with Crippen LogP contribution in [0, 0.1) is 6.92 Å². The van der Waals surface area contributed by atoms with Gasteiger partial charge in [-0.3, -0.25) is 0 Å². The Morgan fingerprint density at radius 2 is 0.976 bits per heavy atom. The van der Waals surface area contributed by atoms with Crippen LogP contribution in [-0.4, -0.2) is 0 Å². The lowest BCUT2D eigenvalue weighted by molar-refractivity contribution is 0.669. The summed E-state index contributed by atoms with van der Waals surface area (Å²) in [6.45, 7) is 2.19. The summed E-state index contributed by atoms with van der Waals surface area (Å²) in [6, 6.07) is 50.7. The van der Waals surface area contributed by atoms with Crippen molar-refractivity contribution in [3.63, 3.8) is 0 Å². The monoisotopic (exact) mass is 534 g/mol. The topological polar surface area (TPSA) is 13.1 Å². The highest BCUT2D eigenvalue weighted by molar-refractivity contribution is 6.28. The van der Waals surface area contributed by atoms with E-state index in [2.05, 4.69) is 140 Å². The molecule has 42 heavy (non-hydrogen) atoms. The van der Waals surface area contributed by atoms with Crippen molar-refractivity contribution in [3.8, 4) is 22.3 Å². The fourth-order valence-electron chi connectivity index (χ4n) is 7.12. The molecular weight excluding hydrogens is 508 g/mol. The second kappa shape index (κ2) is 8.80. The lowest BCUT2D eigenvalue weighted by Gasteiger charge is -2.20. The average Bonchev–Trinajstić information content (AvgIpc) is 3.42. The molecule has 1 heterocycles. The smallest absolute Gasteiger partial charge is 0.136 e. The molecule has 0 N–H and O–H groups in total. The number of hydrogen-bond donors (Lipinski definition) is 0. The van der Waals surface area contributed by atoms with E-state index >= 15 is 0 Å². The van der Waals surface area contributed by atoms with Crippen molar-refractivity contribution in [3.05, 3.63) is 145 Å². The van der Waals surface area contributed by atoms with Gasteiger partial charge in [0.2, 0.25) is 0 Å². The Balaban J connectivity index is 1.50. The maximum absolute atomic E-state index is 6.34. The first-order valence-corrected chi connectivity index (χ1v) is 14.5. The molecule has 1 aromatic heterocycles. The Hall–Kier alpha value is -5.40. The molecule has 0 amide bonds. The summed E-state index contributed by atoms with van der Waals surface area (Å²) in [5.74, 6) is 0. The first kappa shape index (κ1) is 23.3. The van der Waals surface area contributed by atoms with Gasteiger partial charge in [0.25, 0.3) is 0 Å². The van der Waals surface area contributed by atoms with Gasteiger partial charge in [0, 0.05) is 10.8 Å². The van der Waals surface area contributed by atoms with Gasteiger partial charge in [0.05, 0.1) is 0 Å². The second-order valence-corrected chi connectivity index (χ2v) is 11.3. The van der Waals surface area contributed by atoms with Crippen molar-refractivity contribution in [2.75, 3.05) is 0 Å². The number of furan rings is 1. The molecule has 0 spiro atoms. The molecule has 0 unspecified atom stereocenters. The highest BCUT2D eigenvalue weighted by atomic mass is 16.3. The molecule has 0 aliphatic rings. The normalized spacial score (nSPS) is 11.9. The maximum atomic E-state index is 6.34. The van der Waals surface area contributed by atoms with Crippen molar-refractivity contribution in [1.82, 2.24) is 0 Å². The summed E-state index contributed by atoms with van der Waals surface area (Å²) in [7, 11) is 0. The first-order chi connectivity index (χ1) is 20.8. The Kier molecular flexibility index (Phi) is 4.88. The zero-order valence-electron chi connectivity index (χ0n) is 23.2. The Morgan fingerprint density at radius 3 is 1.79 bits per heavy atom. The number of rotatable bonds is 2. The van der Waals surface area contributed by atoms with E-state index in [0.29, 0.717) is 0 Å². The summed E-state index contributed by atoms with van der Waals surface area (Å²) in [5.41, 5.74) is 8.11. The number of benzene rings is 8. The lowest BCUT2D eigenvalue weighted by atomic mass is 9.82. The maximum Gasteiger partial charge on any atom is 0.136 e. The van der Waals surface area contributed by atoms with E-state index in [1.165, 1.54) is 76.3 Å². The van der Waals surface area contributed by atoms with Crippen LogP contribution >= 0.6 is 0 Å². The van der Waals surface area contributed by atoms with Crippen molar-refractivity contribution < 1.29 is 4.42 Å². The third-order valence-electron chi connectivity index (χ3n) is 8.89. The summed E-state index contributed by atoms with van der Waals surface area (Å²) < 4.78 is 6.34. The van der Waals surface area contributed by atoms with E-state index in [1.807, 2.05) is 6.07 Å². The molecule has 1 nitrogen and oxygen atoms in total. The van der Waals surface area contributed by atoms with Crippen molar-refractivity contribution >= 4 is 65.0 Å². The second-order valence-electron chi connectivity index (χ2n) is 11.3. The van der Waals surface area contributed by atoms with Crippen LogP contribution in [0.5, 0.6) is 0 Å². The predicted molar refractivity (Wildman–Crippen MR) is 179 cm³/mol. The molecule has 0 saturated carbocycles. The average molecular weight is 535 g/mol. The van der Waals surface area contributed by atoms with Crippen LogP contribution in [0.15, 0.2) is 144 Å². The van der Waals surface area contributed by atoms with E-state index < -0.39 is 0 Å². The molecule has 8 aromatic carbocycles. The van der Waals surface area contributed by atoms with Crippen LogP contribution in [0.1, 0.15) is 5.56 Å².